The normalized spacial score (nSPS) is 26.0. The summed E-state index contributed by atoms with van der Waals surface area (Å²) < 4.78 is 28.2. The minimum atomic E-state index is -2.85. The fourth-order valence-corrected chi connectivity index (χ4v) is 4.23. The Labute approximate surface area is 104 Å². The van der Waals surface area contributed by atoms with Crippen LogP contribution in [-0.4, -0.2) is 44.3 Å². The highest BCUT2D eigenvalue weighted by Gasteiger charge is 2.34. The van der Waals surface area contributed by atoms with Crippen molar-refractivity contribution in [1.29, 1.82) is 0 Å². The standard InChI is InChI=1S/C12H24O4S/c1-12(2,16-3)6-4-10(8-13)11-5-7-17(14,15)9-11/h10-11,13H,4-9H2,1-3H3. The summed E-state index contributed by atoms with van der Waals surface area (Å²) in [6, 6.07) is 0. The molecule has 0 aromatic heterocycles. The zero-order valence-corrected chi connectivity index (χ0v) is 11.8. The minimum Gasteiger partial charge on any atom is -0.396 e. The molecule has 4 nitrogen and oxygen atoms in total. The van der Waals surface area contributed by atoms with Gasteiger partial charge in [0.2, 0.25) is 0 Å². The molecule has 1 heterocycles. The third-order valence-electron chi connectivity index (χ3n) is 3.84. The van der Waals surface area contributed by atoms with Gasteiger partial charge in [0.15, 0.2) is 9.84 Å². The van der Waals surface area contributed by atoms with E-state index in [9.17, 15) is 13.5 Å². The van der Waals surface area contributed by atoms with Crippen molar-refractivity contribution in [2.24, 2.45) is 11.8 Å². The average molecular weight is 264 g/mol. The highest BCUT2D eigenvalue weighted by Crippen LogP contribution is 2.30. The van der Waals surface area contributed by atoms with Crippen molar-refractivity contribution in [3.8, 4) is 0 Å². The number of aliphatic hydroxyl groups excluding tert-OH is 1. The molecule has 0 amide bonds. The molecule has 0 aliphatic carbocycles. The second-order valence-corrected chi connectivity index (χ2v) is 7.84. The molecule has 1 aliphatic rings. The maximum absolute atomic E-state index is 11.4. The van der Waals surface area contributed by atoms with Crippen LogP contribution in [0.25, 0.3) is 0 Å². The third-order valence-corrected chi connectivity index (χ3v) is 5.63. The molecular weight excluding hydrogens is 240 g/mol. The fraction of sp³-hybridized carbons (Fsp3) is 1.00. The van der Waals surface area contributed by atoms with Crippen LogP contribution in [0.2, 0.25) is 0 Å². The molecule has 1 N–H and O–H groups in total. The summed E-state index contributed by atoms with van der Waals surface area (Å²) in [5, 5.41) is 9.39. The van der Waals surface area contributed by atoms with E-state index in [1.165, 1.54) is 0 Å². The number of aliphatic hydroxyl groups is 1. The lowest BCUT2D eigenvalue weighted by atomic mass is 9.85. The molecule has 1 rings (SSSR count). The molecule has 102 valence electrons. The van der Waals surface area contributed by atoms with Crippen LogP contribution in [0.5, 0.6) is 0 Å². The molecule has 5 heteroatoms. The Bertz CT molecular complexity index is 334. The predicted molar refractivity (Wildman–Crippen MR) is 67.7 cm³/mol. The van der Waals surface area contributed by atoms with Crippen LogP contribution in [0.1, 0.15) is 33.1 Å². The van der Waals surface area contributed by atoms with Gasteiger partial charge in [-0.3, -0.25) is 0 Å². The van der Waals surface area contributed by atoms with Crippen LogP contribution in [0.4, 0.5) is 0 Å². The number of rotatable bonds is 6. The van der Waals surface area contributed by atoms with Crippen LogP contribution in [0, 0.1) is 11.8 Å². The van der Waals surface area contributed by atoms with Crippen molar-refractivity contribution in [3.63, 3.8) is 0 Å². The van der Waals surface area contributed by atoms with Crippen LogP contribution in [0.15, 0.2) is 0 Å². The second kappa shape index (κ2) is 5.67. The Hall–Kier alpha value is -0.130. The molecule has 0 bridgehead atoms. The summed E-state index contributed by atoms with van der Waals surface area (Å²) in [6.07, 6.45) is 2.35. The number of hydrogen-bond donors (Lipinski definition) is 1. The van der Waals surface area contributed by atoms with Gasteiger partial charge in [-0.2, -0.15) is 0 Å². The molecule has 0 aromatic rings. The lowest BCUT2D eigenvalue weighted by molar-refractivity contribution is 0.00562. The van der Waals surface area contributed by atoms with Crippen LogP contribution < -0.4 is 0 Å². The minimum absolute atomic E-state index is 0.0694. The van der Waals surface area contributed by atoms with E-state index in [0.29, 0.717) is 6.42 Å². The van der Waals surface area contributed by atoms with Gasteiger partial charge in [0, 0.05) is 13.7 Å². The van der Waals surface area contributed by atoms with Crippen molar-refractivity contribution >= 4 is 9.84 Å². The molecule has 0 spiro atoms. The van der Waals surface area contributed by atoms with Crippen LogP contribution >= 0.6 is 0 Å². The van der Waals surface area contributed by atoms with Gasteiger partial charge in [0.25, 0.3) is 0 Å². The quantitative estimate of drug-likeness (QED) is 0.784. The van der Waals surface area contributed by atoms with E-state index in [2.05, 4.69) is 0 Å². The lowest BCUT2D eigenvalue weighted by Crippen LogP contribution is -2.27. The number of methoxy groups -OCH3 is 1. The smallest absolute Gasteiger partial charge is 0.150 e. The van der Waals surface area contributed by atoms with E-state index in [1.54, 1.807) is 7.11 Å². The van der Waals surface area contributed by atoms with Gasteiger partial charge in [0.05, 0.1) is 17.1 Å². The highest BCUT2D eigenvalue weighted by molar-refractivity contribution is 7.91. The maximum Gasteiger partial charge on any atom is 0.150 e. The Morgan fingerprint density at radius 3 is 2.53 bits per heavy atom. The average Bonchev–Trinajstić information content (AvgIpc) is 2.60. The first-order valence-electron chi connectivity index (χ1n) is 6.16. The van der Waals surface area contributed by atoms with E-state index >= 15 is 0 Å². The Kier molecular flexibility index (Phi) is 4.98. The number of ether oxygens (including phenoxy) is 1. The molecule has 2 unspecified atom stereocenters. The molecule has 17 heavy (non-hydrogen) atoms. The fourth-order valence-electron chi connectivity index (χ4n) is 2.31. The van der Waals surface area contributed by atoms with Gasteiger partial charge in [-0.1, -0.05) is 0 Å². The zero-order chi connectivity index (χ0) is 13.1. The summed E-state index contributed by atoms with van der Waals surface area (Å²) in [5.74, 6) is 0.729. The molecule has 1 fully saturated rings. The molecule has 1 saturated heterocycles. The summed E-state index contributed by atoms with van der Waals surface area (Å²) >= 11 is 0. The van der Waals surface area contributed by atoms with Crippen molar-refractivity contribution in [2.75, 3.05) is 25.2 Å². The largest absolute Gasteiger partial charge is 0.396 e. The SMILES string of the molecule is COC(C)(C)CCC(CO)C1CCS(=O)(=O)C1. The highest BCUT2D eigenvalue weighted by atomic mass is 32.2. The van der Waals surface area contributed by atoms with Crippen molar-refractivity contribution in [1.82, 2.24) is 0 Å². The predicted octanol–water partition coefficient (Wildman–Crippen LogP) is 1.23. The maximum atomic E-state index is 11.4. The van der Waals surface area contributed by atoms with Crippen LogP contribution in [0.3, 0.4) is 0 Å². The topological polar surface area (TPSA) is 63.6 Å². The second-order valence-electron chi connectivity index (χ2n) is 5.61. The van der Waals surface area contributed by atoms with Gasteiger partial charge >= 0.3 is 0 Å². The zero-order valence-electron chi connectivity index (χ0n) is 11.0. The van der Waals surface area contributed by atoms with Crippen molar-refractivity contribution < 1.29 is 18.3 Å². The van der Waals surface area contributed by atoms with Gasteiger partial charge in [-0.25, -0.2) is 8.42 Å². The number of sulfone groups is 1. The lowest BCUT2D eigenvalue weighted by Gasteiger charge is -2.27. The van der Waals surface area contributed by atoms with Gasteiger partial charge < -0.3 is 9.84 Å². The molecule has 1 aliphatic heterocycles. The summed E-state index contributed by atoms with van der Waals surface area (Å²) in [5.41, 5.74) is -0.203. The van der Waals surface area contributed by atoms with Crippen LogP contribution in [-0.2, 0) is 14.6 Å². The third kappa shape index (κ3) is 4.56. The first-order valence-corrected chi connectivity index (χ1v) is 7.98. The molecule has 2 atom stereocenters. The molecular formula is C12H24O4S. The van der Waals surface area contributed by atoms with Crippen molar-refractivity contribution in [2.45, 2.75) is 38.7 Å². The monoisotopic (exact) mass is 264 g/mol. The summed E-state index contributed by atoms with van der Waals surface area (Å²) in [6.45, 7) is 4.08. The Morgan fingerprint density at radius 2 is 2.12 bits per heavy atom. The summed E-state index contributed by atoms with van der Waals surface area (Å²) in [7, 11) is -1.18. The van der Waals surface area contributed by atoms with E-state index in [1.807, 2.05) is 13.8 Å². The Balaban J connectivity index is 2.50. The number of hydrogen-bond acceptors (Lipinski definition) is 4. The summed E-state index contributed by atoms with van der Waals surface area (Å²) in [4.78, 5) is 0. The first-order chi connectivity index (χ1) is 7.79. The molecule has 0 radical (unpaired) electrons. The van der Waals surface area contributed by atoms with E-state index in [0.717, 1.165) is 12.8 Å². The van der Waals surface area contributed by atoms with E-state index < -0.39 is 9.84 Å². The van der Waals surface area contributed by atoms with Crippen molar-refractivity contribution in [3.05, 3.63) is 0 Å². The van der Waals surface area contributed by atoms with Gasteiger partial charge in [-0.05, 0) is 44.9 Å². The van der Waals surface area contributed by atoms with Gasteiger partial charge in [0.1, 0.15) is 0 Å². The molecule has 0 saturated carbocycles. The van der Waals surface area contributed by atoms with E-state index in [4.69, 9.17) is 4.74 Å². The Morgan fingerprint density at radius 1 is 1.47 bits per heavy atom. The van der Waals surface area contributed by atoms with Gasteiger partial charge in [-0.15, -0.1) is 0 Å². The molecule has 0 aromatic carbocycles. The first kappa shape index (κ1) is 14.9. The van der Waals surface area contributed by atoms with E-state index in [-0.39, 0.29) is 35.5 Å².